The van der Waals surface area contributed by atoms with E-state index in [1.807, 2.05) is 19.9 Å². The number of benzene rings is 3. The minimum Gasteiger partial charge on any atom is -0.323 e. The van der Waals surface area contributed by atoms with E-state index in [-0.39, 0.29) is 4.90 Å². The monoisotopic (exact) mass is 462 g/mol. The van der Waals surface area contributed by atoms with Crippen molar-refractivity contribution in [1.29, 1.82) is 0 Å². The Balaban J connectivity index is 2.01. The van der Waals surface area contributed by atoms with Crippen molar-refractivity contribution in [3.8, 4) is 0 Å². The van der Waals surface area contributed by atoms with Gasteiger partial charge in [-0.15, -0.1) is 0 Å². The lowest BCUT2D eigenvalue weighted by Gasteiger charge is -2.26. The lowest BCUT2D eigenvalue weighted by atomic mass is 10.1. The van der Waals surface area contributed by atoms with Crippen LogP contribution in [0.15, 0.2) is 71.6 Å². The lowest BCUT2D eigenvalue weighted by Crippen LogP contribution is -2.38. The van der Waals surface area contributed by atoms with Crippen LogP contribution >= 0.6 is 23.2 Å². The molecule has 0 aromatic heterocycles. The van der Waals surface area contributed by atoms with Gasteiger partial charge in [0, 0.05) is 5.02 Å². The fraction of sp³-hybridized carbons (Fsp3) is 0.136. The van der Waals surface area contributed by atoms with Crippen LogP contribution in [0.5, 0.6) is 0 Å². The molecule has 0 aliphatic heterocycles. The second kappa shape index (κ2) is 9.08. The highest BCUT2D eigenvalue weighted by Gasteiger charge is 2.28. The lowest BCUT2D eigenvalue weighted by molar-refractivity contribution is -0.114. The van der Waals surface area contributed by atoms with Gasteiger partial charge >= 0.3 is 0 Å². The number of carbonyl (C=O) groups is 1. The molecule has 0 fully saturated rings. The van der Waals surface area contributed by atoms with E-state index in [4.69, 9.17) is 23.2 Å². The normalized spacial score (nSPS) is 11.2. The van der Waals surface area contributed by atoms with E-state index in [9.17, 15) is 13.2 Å². The Hall–Kier alpha value is -2.54. The minimum absolute atomic E-state index is 0.0968. The molecule has 3 aromatic carbocycles. The van der Waals surface area contributed by atoms with E-state index in [1.165, 1.54) is 18.2 Å². The summed E-state index contributed by atoms with van der Waals surface area (Å²) in [5.41, 5.74) is 2.43. The molecule has 0 saturated heterocycles. The van der Waals surface area contributed by atoms with Crippen LogP contribution in [0.1, 0.15) is 11.1 Å². The first kappa shape index (κ1) is 22.2. The van der Waals surface area contributed by atoms with E-state index < -0.39 is 22.5 Å². The van der Waals surface area contributed by atoms with Crippen LogP contribution < -0.4 is 9.62 Å². The van der Waals surface area contributed by atoms with Gasteiger partial charge in [0.15, 0.2) is 0 Å². The molecule has 0 saturated carbocycles. The maximum Gasteiger partial charge on any atom is 0.264 e. The molecule has 0 heterocycles. The van der Waals surface area contributed by atoms with E-state index in [2.05, 4.69) is 5.32 Å². The number of amides is 1. The predicted octanol–water partition coefficient (Wildman–Crippen LogP) is 5.44. The molecule has 0 radical (unpaired) electrons. The van der Waals surface area contributed by atoms with Gasteiger partial charge in [0.25, 0.3) is 10.0 Å². The molecule has 1 amide bonds. The highest BCUT2D eigenvalue weighted by Crippen LogP contribution is 2.29. The molecule has 0 unspecified atom stereocenters. The number of anilines is 2. The first-order valence-corrected chi connectivity index (χ1v) is 11.3. The number of halogens is 2. The van der Waals surface area contributed by atoms with E-state index in [0.717, 1.165) is 15.4 Å². The summed E-state index contributed by atoms with van der Waals surface area (Å²) in [7, 11) is -3.99. The van der Waals surface area contributed by atoms with Gasteiger partial charge < -0.3 is 5.32 Å². The predicted molar refractivity (Wildman–Crippen MR) is 122 cm³/mol. The Kier molecular flexibility index (Phi) is 6.71. The number of nitrogens with one attached hydrogen (secondary N) is 1. The molecule has 8 heteroatoms. The van der Waals surface area contributed by atoms with Crippen molar-refractivity contribution in [3.63, 3.8) is 0 Å². The van der Waals surface area contributed by atoms with Gasteiger partial charge in [0.05, 0.1) is 21.3 Å². The summed E-state index contributed by atoms with van der Waals surface area (Å²) in [6.45, 7) is 3.28. The molecule has 0 spiro atoms. The summed E-state index contributed by atoms with van der Waals surface area (Å²) >= 11 is 12.1. The number of rotatable bonds is 6. The molecule has 156 valence electrons. The first-order valence-electron chi connectivity index (χ1n) is 9.09. The molecule has 0 bridgehead atoms. The van der Waals surface area contributed by atoms with Crippen LogP contribution in [0, 0.1) is 13.8 Å². The third kappa shape index (κ3) is 4.78. The smallest absolute Gasteiger partial charge is 0.264 e. The minimum atomic E-state index is -3.99. The molecule has 0 atom stereocenters. The summed E-state index contributed by atoms with van der Waals surface area (Å²) in [6.07, 6.45) is 0. The van der Waals surface area contributed by atoms with Crippen molar-refractivity contribution >= 4 is 50.5 Å². The Bertz CT molecular complexity index is 1180. The van der Waals surface area contributed by atoms with Crippen LogP contribution in [0.3, 0.4) is 0 Å². The van der Waals surface area contributed by atoms with Gasteiger partial charge in [-0.05, 0) is 61.4 Å². The number of aryl methyl sites for hydroxylation is 1. The number of sulfonamides is 1. The summed E-state index contributed by atoms with van der Waals surface area (Å²) < 4.78 is 27.9. The average molecular weight is 463 g/mol. The molecule has 1 N–H and O–H groups in total. The molecule has 0 aliphatic carbocycles. The molecular weight excluding hydrogens is 443 g/mol. The fourth-order valence-electron chi connectivity index (χ4n) is 2.94. The maximum absolute atomic E-state index is 13.4. The zero-order valence-corrected chi connectivity index (χ0v) is 18.7. The van der Waals surface area contributed by atoms with Gasteiger partial charge in [-0.1, -0.05) is 53.5 Å². The Morgan fingerprint density at radius 3 is 2.37 bits per heavy atom. The van der Waals surface area contributed by atoms with Crippen molar-refractivity contribution in [2.75, 3.05) is 16.2 Å². The van der Waals surface area contributed by atoms with Crippen LogP contribution in [0.4, 0.5) is 11.4 Å². The number of carbonyl (C=O) groups excluding carboxylic acids is 1. The third-order valence-corrected chi connectivity index (χ3v) is 7.00. The molecule has 5 nitrogen and oxygen atoms in total. The standard InChI is InChI=1S/C22H20Cl2N2O3S/c1-15-7-6-10-21(16(15)2)26(30(28,29)18-8-4-3-5-9-18)14-22(27)25-20-13-17(23)11-12-19(20)24/h3-13H,14H2,1-2H3,(H,25,27). The van der Waals surface area contributed by atoms with Crippen LogP contribution in [0.25, 0.3) is 0 Å². The van der Waals surface area contributed by atoms with Crippen molar-refractivity contribution in [3.05, 3.63) is 87.9 Å². The Morgan fingerprint density at radius 1 is 0.967 bits per heavy atom. The van der Waals surface area contributed by atoms with Crippen LogP contribution in [0.2, 0.25) is 10.0 Å². The maximum atomic E-state index is 13.4. The second-order valence-electron chi connectivity index (χ2n) is 6.72. The van der Waals surface area contributed by atoms with Crippen molar-refractivity contribution in [2.24, 2.45) is 0 Å². The summed E-state index contributed by atoms with van der Waals surface area (Å²) in [5, 5.41) is 3.35. The van der Waals surface area contributed by atoms with E-state index >= 15 is 0 Å². The SMILES string of the molecule is Cc1cccc(N(CC(=O)Nc2cc(Cl)ccc2Cl)S(=O)(=O)c2ccccc2)c1C. The van der Waals surface area contributed by atoms with Crippen LogP contribution in [-0.2, 0) is 14.8 Å². The molecule has 30 heavy (non-hydrogen) atoms. The summed E-state index contributed by atoms with van der Waals surface area (Å²) in [4.78, 5) is 12.9. The van der Waals surface area contributed by atoms with Crippen molar-refractivity contribution in [2.45, 2.75) is 18.7 Å². The third-order valence-electron chi connectivity index (χ3n) is 4.67. The summed E-state index contributed by atoms with van der Waals surface area (Å²) in [5.74, 6) is -0.542. The number of hydrogen-bond acceptors (Lipinski definition) is 3. The number of nitrogens with zero attached hydrogens (tertiary/aromatic N) is 1. The van der Waals surface area contributed by atoms with Crippen molar-refractivity contribution in [1.82, 2.24) is 0 Å². The van der Waals surface area contributed by atoms with Crippen molar-refractivity contribution < 1.29 is 13.2 Å². The zero-order valence-electron chi connectivity index (χ0n) is 16.4. The van der Waals surface area contributed by atoms with E-state index in [1.54, 1.807) is 42.5 Å². The van der Waals surface area contributed by atoms with Gasteiger partial charge in [-0.25, -0.2) is 8.42 Å². The van der Waals surface area contributed by atoms with Crippen LogP contribution in [-0.4, -0.2) is 20.9 Å². The van der Waals surface area contributed by atoms with Gasteiger partial charge in [0.2, 0.25) is 5.91 Å². The summed E-state index contributed by atoms with van der Waals surface area (Å²) in [6, 6.07) is 18.0. The molecule has 0 aliphatic rings. The first-order chi connectivity index (χ1) is 14.2. The Morgan fingerprint density at radius 2 is 1.67 bits per heavy atom. The highest BCUT2D eigenvalue weighted by atomic mass is 35.5. The Labute approximate surface area is 186 Å². The molecule has 3 rings (SSSR count). The zero-order chi connectivity index (χ0) is 21.9. The molecular formula is C22H20Cl2N2O3S. The van der Waals surface area contributed by atoms with Gasteiger partial charge in [0.1, 0.15) is 6.54 Å². The number of hydrogen-bond donors (Lipinski definition) is 1. The van der Waals surface area contributed by atoms with E-state index in [0.29, 0.717) is 21.4 Å². The second-order valence-corrected chi connectivity index (χ2v) is 9.42. The average Bonchev–Trinajstić information content (AvgIpc) is 2.72. The quantitative estimate of drug-likeness (QED) is 0.529. The topological polar surface area (TPSA) is 66.5 Å². The largest absolute Gasteiger partial charge is 0.323 e. The van der Waals surface area contributed by atoms with Gasteiger partial charge in [-0.2, -0.15) is 0 Å². The molecule has 3 aromatic rings. The van der Waals surface area contributed by atoms with Gasteiger partial charge in [-0.3, -0.25) is 9.10 Å². The fourth-order valence-corrected chi connectivity index (χ4v) is 4.77. The highest BCUT2D eigenvalue weighted by molar-refractivity contribution is 7.92.